The number of carbonyl (C=O) groups excluding carboxylic acids is 3. The van der Waals surface area contributed by atoms with E-state index < -0.39 is 84.6 Å². The zero-order valence-electron chi connectivity index (χ0n) is 39.3. The number of aliphatic hydroxyl groups is 2. The van der Waals surface area contributed by atoms with E-state index in [1.54, 1.807) is 0 Å². The minimum Gasteiger partial charge on any atom is -0.756 e. The van der Waals surface area contributed by atoms with Gasteiger partial charge in [0.05, 0.1) is 19.5 Å². The number of hydrogen-bond acceptors (Lipinski definition) is 21. The molecule has 2 amide bonds. The van der Waals surface area contributed by atoms with Gasteiger partial charge in [-0.15, -0.1) is 0 Å². The van der Waals surface area contributed by atoms with Crippen LogP contribution in [0.2, 0.25) is 0 Å². The number of imidazole rings is 1. The van der Waals surface area contributed by atoms with Crippen molar-refractivity contribution in [1.29, 1.82) is 0 Å². The van der Waals surface area contributed by atoms with Gasteiger partial charge in [-0.05, 0) is 6.42 Å². The van der Waals surface area contributed by atoms with Crippen molar-refractivity contribution in [2.24, 2.45) is 5.41 Å². The smallest absolute Gasteiger partial charge is 0.756 e. The van der Waals surface area contributed by atoms with E-state index in [9.17, 15) is 57.9 Å². The van der Waals surface area contributed by atoms with Crippen LogP contribution >= 0.6 is 35.2 Å². The molecule has 2 aromatic rings. The maximum absolute atomic E-state index is 12.6. The number of thioether (sulfide) groups is 1. The Morgan fingerprint density at radius 2 is 1.46 bits per heavy atom. The van der Waals surface area contributed by atoms with Gasteiger partial charge >= 0.3 is 18.9 Å². The fraction of sp³-hybridized carbons (Fsp3) is 0.795. The number of rotatable bonds is 35. The number of nitrogens with zero attached hydrogens (tertiary/aromatic N) is 4. The zero-order valence-corrected chi connectivity index (χ0v) is 42.8. The number of ether oxygens (including phenoxy) is 1. The number of phosphoric ester groups is 3. The quantitative estimate of drug-likeness (QED) is 0.0301. The summed E-state index contributed by atoms with van der Waals surface area (Å²) >= 11 is 1.15. The Morgan fingerprint density at radius 3 is 2.04 bits per heavy atom. The molecule has 1 fully saturated rings. The summed E-state index contributed by atoms with van der Waals surface area (Å²) in [5, 5.41) is 26.5. The predicted molar refractivity (Wildman–Crippen MR) is 240 cm³/mol. The summed E-state index contributed by atoms with van der Waals surface area (Å²) in [6.45, 7) is 2.47. The molecule has 0 spiro atoms. The number of phosphoric acid groups is 3. The molecule has 384 valence electrons. The van der Waals surface area contributed by atoms with Crippen LogP contribution in [0, 0.1) is 5.41 Å². The first kappa shape index (κ1) is 62.3. The Morgan fingerprint density at radius 1 is 0.882 bits per heavy atom. The second-order valence-corrected chi connectivity index (χ2v) is 22.2. The minimum absolute atomic E-state index is 0. The van der Waals surface area contributed by atoms with Crippen molar-refractivity contribution in [3.05, 3.63) is 12.7 Å². The average molecular weight is 1040 g/mol. The van der Waals surface area contributed by atoms with Gasteiger partial charge in [-0.2, -0.15) is 0 Å². The molecule has 8 unspecified atom stereocenters. The molecule has 2 aromatic heterocycles. The van der Waals surface area contributed by atoms with E-state index in [0.717, 1.165) is 48.2 Å². The molecule has 7 N–H and O–H groups in total. The monoisotopic (exact) mass is 1040 g/mol. The first-order valence-corrected chi connectivity index (χ1v) is 28.0. The molecule has 8 atom stereocenters. The van der Waals surface area contributed by atoms with Crippen LogP contribution in [-0.4, -0.2) is 108 Å². The summed E-state index contributed by atoms with van der Waals surface area (Å²) in [4.78, 5) is 94.9. The Kier molecular flexibility index (Phi) is 28.3. The van der Waals surface area contributed by atoms with Gasteiger partial charge in [0.25, 0.3) is 23.5 Å². The van der Waals surface area contributed by atoms with Gasteiger partial charge in [0, 0.05) is 37.1 Å². The van der Waals surface area contributed by atoms with Gasteiger partial charge < -0.3 is 64.5 Å². The van der Waals surface area contributed by atoms with Gasteiger partial charge in [0.2, 0.25) is 11.8 Å². The number of anilines is 1. The molecule has 0 radical (unpaired) electrons. The number of fused-ring (bicyclic) bond motifs is 1. The van der Waals surface area contributed by atoms with Crippen LogP contribution in [-0.2, 0) is 50.7 Å². The second kappa shape index (κ2) is 30.9. The number of nitrogen functional groups attached to an aromatic ring is 1. The number of nitrogens with one attached hydrogen (secondary N) is 2. The van der Waals surface area contributed by atoms with E-state index in [1.807, 2.05) is 0 Å². The van der Waals surface area contributed by atoms with Crippen LogP contribution in [0.4, 0.5) is 5.82 Å². The topological polar surface area (TPSA) is 372 Å². The molecule has 3 heterocycles. The standard InChI is InChI=1S/C39H70N7O17P3S.Li/c1-4-5-6-7-8-9-10-11-12-13-14-15-16-17-18-19-30(48)67-23-22-41-29(47)20-21-42-37(51)34(50)39(2,3)25-60-66(57,58)63-65(55,56)59-24-28-33(62-64(52,53)54)32(49)38(61-28)46-27-45-31-35(40)43-26-44-36(31)46;/h26-28,32-34,38,49-50H,4-25H2,1-3H3,(H,41,47)(H,42,51)(H,55,56)(H,57,58)(H2,40,43,44)(H2,52,53,54);/q;+1/p-3. The molecular formula is C39H67LiN7O17P3S-2. The van der Waals surface area contributed by atoms with Crippen LogP contribution in [0.1, 0.15) is 136 Å². The van der Waals surface area contributed by atoms with Crippen LogP contribution in [0.5, 0.6) is 0 Å². The van der Waals surface area contributed by atoms with Gasteiger partial charge in [0.1, 0.15) is 36.3 Å². The molecule has 68 heavy (non-hydrogen) atoms. The number of hydrogen-bond donors (Lipinski definition) is 6. The molecule has 24 nitrogen and oxygen atoms in total. The Balaban J connectivity index is 0.0000159. The van der Waals surface area contributed by atoms with Gasteiger partial charge in [-0.1, -0.05) is 122 Å². The Labute approximate surface area is 413 Å². The van der Waals surface area contributed by atoms with Crippen LogP contribution in [0.25, 0.3) is 11.2 Å². The van der Waals surface area contributed by atoms with Crippen molar-refractivity contribution in [3.8, 4) is 0 Å². The van der Waals surface area contributed by atoms with E-state index in [4.69, 9.17) is 10.5 Å². The molecule has 1 saturated heterocycles. The first-order chi connectivity index (χ1) is 31.6. The number of aromatic nitrogens is 4. The summed E-state index contributed by atoms with van der Waals surface area (Å²) in [6, 6.07) is 0. The molecule has 29 heteroatoms. The van der Waals surface area contributed by atoms with E-state index in [2.05, 4.69) is 50.4 Å². The fourth-order valence-electron chi connectivity index (χ4n) is 6.99. The van der Waals surface area contributed by atoms with E-state index in [1.165, 1.54) is 90.9 Å². The third-order valence-electron chi connectivity index (χ3n) is 10.7. The summed E-state index contributed by atoms with van der Waals surface area (Å²) in [5.41, 5.74) is 4.14. The molecule has 3 rings (SSSR count). The number of nitrogens with two attached hydrogens (primary N) is 1. The van der Waals surface area contributed by atoms with Crippen LogP contribution < -0.4 is 49.9 Å². The Bertz CT molecular complexity index is 2000. The fourth-order valence-corrected chi connectivity index (χ4v) is 10.5. The van der Waals surface area contributed by atoms with Crippen molar-refractivity contribution in [2.45, 2.75) is 161 Å². The molecule has 0 aromatic carbocycles. The molecule has 1 aliphatic rings. The van der Waals surface area contributed by atoms with Gasteiger partial charge in [-0.25, -0.2) is 19.3 Å². The normalized spacial score (nSPS) is 20.5. The van der Waals surface area contributed by atoms with Gasteiger partial charge in [-0.3, -0.25) is 32.6 Å². The molecule has 0 aliphatic carbocycles. The van der Waals surface area contributed by atoms with E-state index >= 15 is 0 Å². The third-order valence-corrected chi connectivity index (χ3v) is 14.7. The van der Waals surface area contributed by atoms with Crippen LogP contribution in [0.3, 0.4) is 0 Å². The maximum Gasteiger partial charge on any atom is 1.00 e. The van der Waals surface area contributed by atoms with E-state index in [0.29, 0.717) is 12.2 Å². The second-order valence-electron chi connectivity index (χ2n) is 16.9. The zero-order chi connectivity index (χ0) is 49.7. The summed E-state index contributed by atoms with van der Waals surface area (Å²) in [6.07, 6.45) is 11.8. The summed E-state index contributed by atoms with van der Waals surface area (Å²) in [5.74, 6) is -1.11. The molecular weight excluding hydrogens is 970 g/mol. The SMILES string of the molecule is CCCCCCCCCCCCCCCCCC(=O)SCCNC(=O)CCNC(=O)C(O)C(C)(C)COP(=O)([O-])OP(=O)([O-])OCC1OC(n2cnc3c(N)ncnc32)C(O)C1OP(=O)([O-])O.[Li+]. The van der Waals surface area contributed by atoms with Crippen molar-refractivity contribution in [2.75, 3.05) is 37.8 Å². The number of carbonyl (C=O) groups is 3. The van der Waals surface area contributed by atoms with Crippen LogP contribution in [0.15, 0.2) is 12.7 Å². The van der Waals surface area contributed by atoms with Crippen molar-refractivity contribution < 1.29 is 99.3 Å². The number of amides is 2. The first-order valence-electron chi connectivity index (χ1n) is 22.5. The van der Waals surface area contributed by atoms with Crippen molar-refractivity contribution in [3.63, 3.8) is 0 Å². The summed E-state index contributed by atoms with van der Waals surface area (Å²) < 4.78 is 61.2. The molecule has 1 aliphatic heterocycles. The maximum atomic E-state index is 12.6. The predicted octanol–water partition coefficient (Wildman–Crippen LogP) is 0.0342. The third kappa shape index (κ3) is 23.1. The molecule has 0 saturated carbocycles. The average Bonchev–Trinajstić information content (AvgIpc) is 3.81. The largest absolute Gasteiger partial charge is 1.00 e. The van der Waals surface area contributed by atoms with Gasteiger partial charge in [0.15, 0.2) is 22.8 Å². The Hall–Kier alpha value is -1.84. The van der Waals surface area contributed by atoms with E-state index in [-0.39, 0.29) is 60.5 Å². The number of unbranched alkanes of at least 4 members (excludes halogenated alkanes) is 14. The van der Waals surface area contributed by atoms with Crippen molar-refractivity contribution >= 4 is 69.1 Å². The molecule has 0 bridgehead atoms. The summed E-state index contributed by atoms with van der Waals surface area (Å²) in [7, 11) is -17.3. The van der Waals surface area contributed by atoms with Crippen molar-refractivity contribution in [1.82, 2.24) is 30.2 Å². The minimum atomic E-state index is -5.90. The number of aliphatic hydroxyl groups excluding tert-OH is 2.